The molecular formula is C19H19FN4O. The van der Waals surface area contributed by atoms with Gasteiger partial charge in [0.05, 0.1) is 5.92 Å². The van der Waals surface area contributed by atoms with Crippen LogP contribution in [0.1, 0.15) is 12.0 Å². The summed E-state index contributed by atoms with van der Waals surface area (Å²) in [7, 11) is 0. The first kappa shape index (κ1) is 15.8. The summed E-state index contributed by atoms with van der Waals surface area (Å²) < 4.78 is 13.1. The number of aryl methyl sites for hydroxylation is 1. The number of halogens is 1. The Morgan fingerprint density at radius 2 is 2.16 bits per heavy atom. The summed E-state index contributed by atoms with van der Waals surface area (Å²) >= 11 is 0. The van der Waals surface area contributed by atoms with Crippen molar-refractivity contribution in [1.82, 2.24) is 15.3 Å². The zero-order chi connectivity index (χ0) is 17.6. The van der Waals surface area contributed by atoms with Crippen LogP contribution in [0.15, 0.2) is 36.7 Å². The summed E-state index contributed by atoms with van der Waals surface area (Å²) in [5.74, 6) is 4.94. The molecule has 1 aliphatic heterocycles. The summed E-state index contributed by atoms with van der Waals surface area (Å²) in [6.45, 7) is 2.05. The third-order valence-electron chi connectivity index (χ3n) is 4.77. The van der Waals surface area contributed by atoms with Crippen LogP contribution in [0, 0.1) is 12.8 Å². The lowest BCUT2D eigenvalue weighted by Crippen LogP contribution is -2.54. The molecule has 0 spiro atoms. The predicted octanol–water partition coefficient (Wildman–Crippen LogP) is 0.565. The fourth-order valence-corrected chi connectivity index (χ4v) is 3.09. The third-order valence-corrected chi connectivity index (χ3v) is 4.77. The van der Waals surface area contributed by atoms with Crippen LogP contribution in [0.5, 0.6) is 0 Å². The first-order valence-corrected chi connectivity index (χ1v) is 8.25. The molecule has 5 nitrogen and oxygen atoms in total. The van der Waals surface area contributed by atoms with Gasteiger partial charge >= 0.3 is 0 Å². The largest absolute Gasteiger partial charge is 0.366 e. The van der Waals surface area contributed by atoms with Crippen LogP contribution >= 0.6 is 0 Å². The highest BCUT2D eigenvalue weighted by Gasteiger charge is 2.46. The van der Waals surface area contributed by atoms with Crippen molar-refractivity contribution < 1.29 is 9.18 Å². The molecule has 128 valence electrons. The van der Waals surface area contributed by atoms with Gasteiger partial charge in [-0.1, -0.05) is 12.1 Å². The molecule has 0 radical (unpaired) electrons. The van der Waals surface area contributed by atoms with Crippen LogP contribution < -0.4 is 21.6 Å². The summed E-state index contributed by atoms with van der Waals surface area (Å²) in [4.78, 5) is 16.3. The molecule has 2 aromatic rings. The van der Waals surface area contributed by atoms with Crippen molar-refractivity contribution in [3.05, 3.63) is 52.7 Å². The molecule has 25 heavy (non-hydrogen) atoms. The van der Waals surface area contributed by atoms with Crippen LogP contribution in [0.4, 0.5) is 4.39 Å². The summed E-state index contributed by atoms with van der Waals surface area (Å²) in [6.07, 6.45) is 6.09. The number of carbonyl (C=O) groups excluding carboxylic acids is 1. The minimum Gasteiger partial charge on any atom is -0.366 e. The van der Waals surface area contributed by atoms with Crippen molar-refractivity contribution in [1.29, 1.82) is 0 Å². The van der Waals surface area contributed by atoms with Gasteiger partial charge in [0.2, 0.25) is 5.91 Å². The van der Waals surface area contributed by atoms with Crippen molar-refractivity contribution in [3.63, 3.8) is 0 Å². The van der Waals surface area contributed by atoms with Gasteiger partial charge < -0.3 is 5.32 Å². The van der Waals surface area contributed by atoms with E-state index in [2.05, 4.69) is 23.3 Å². The van der Waals surface area contributed by atoms with Gasteiger partial charge in [-0.3, -0.25) is 14.8 Å². The Bertz CT molecular complexity index is 958. The minimum absolute atomic E-state index is 0.271. The van der Waals surface area contributed by atoms with E-state index < -0.39 is 18.3 Å². The molecule has 3 N–H and O–H groups in total. The predicted molar refractivity (Wildman–Crippen MR) is 93.6 cm³/mol. The number of pyridine rings is 1. The van der Waals surface area contributed by atoms with Crippen LogP contribution in [0.3, 0.4) is 0 Å². The number of rotatable bonds is 3. The molecule has 1 saturated carbocycles. The van der Waals surface area contributed by atoms with Crippen molar-refractivity contribution in [3.8, 4) is 11.1 Å². The van der Waals surface area contributed by atoms with Gasteiger partial charge in [-0.25, -0.2) is 10.2 Å². The summed E-state index contributed by atoms with van der Waals surface area (Å²) in [5, 5.41) is 6.18. The summed E-state index contributed by atoms with van der Waals surface area (Å²) in [6, 6.07) is 8.07. The van der Waals surface area contributed by atoms with Gasteiger partial charge in [-0.15, -0.1) is 0 Å². The molecule has 1 aromatic heterocycles. The van der Waals surface area contributed by atoms with E-state index in [4.69, 9.17) is 5.84 Å². The van der Waals surface area contributed by atoms with E-state index in [-0.39, 0.29) is 12.3 Å². The second-order valence-corrected chi connectivity index (χ2v) is 6.56. The molecule has 6 heteroatoms. The van der Waals surface area contributed by atoms with E-state index in [9.17, 15) is 9.18 Å². The van der Waals surface area contributed by atoms with E-state index >= 15 is 0 Å². The van der Waals surface area contributed by atoms with Gasteiger partial charge in [-0.05, 0) is 53.1 Å². The Hall–Kier alpha value is -2.73. The molecule has 1 fully saturated rings. The van der Waals surface area contributed by atoms with Crippen LogP contribution in [-0.4, -0.2) is 28.2 Å². The first-order valence-electron chi connectivity index (χ1n) is 8.25. The Morgan fingerprint density at radius 3 is 2.88 bits per heavy atom. The highest BCUT2D eigenvalue weighted by Crippen LogP contribution is 2.35. The number of aromatic nitrogens is 1. The quantitative estimate of drug-likeness (QED) is 0.488. The molecule has 3 unspecified atom stereocenters. The van der Waals surface area contributed by atoms with E-state index in [1.165, 1.54) is 0 Å². The van der Waals surface area contributed by atoms with Gasteiger partial charge in [0.15, 0.2) is 0 Å². The van der Waals surface area contributed by atoms with E-state index in [0.29, 0.717) is 0 Å². The smallest absolute Gasteiger partial charge is 0.244 e. The van der Waals surface area contributed by atoms with E-state index in [1.54, 1.807) is 6.20 Å². The molecule has 1 aromatic carbocycles. The summed E-state index contributed by atoms with van der Waals surface area (Å²) in [5.41, 5.74) is 3.32. The molecule has 0 saturated heterocycles. The molecule has 4 rings (SSSR count). The molecule has 1 amide bonds. The van der Waals surface area contributed by atoms with Crippen LogP contribution in [0.2, 0.25) is 0 Å². The number of hydrogen-bond donors (Lipinski definition) is 2. The van der Waals surface area contributed by atoms with Crippen molar-refractivity contribution in [2.75, 3.05) is 0 Å². The zero-order valence-electron chi connectivity index (χ0n) is 13.8. The number of nitrogens with two attached hydrogens (primary N) is 1. The lowest BCUT2D eigenvalue weighted by atomic mass is 10.0. The second kappa shape index (κ2) is 5.97. The fourth-order valence-electron chi connectivity index (χ4n) is 3.09. The maximum atomic E-state index is 13.1. The second-order valence-electron chi connectivity index (χ2n) is 6.56. The number of hydrogen-bond acceptors (Lipinski definition) is 4. The zero-order valence-corrected chi connectivity index (χ0v) is 13.8. The SMILES string of the molecule is Cc1ccncc1-c1ccc2c(c1)=CNC(N(N)C(=O)C1CC1F)C=2. The third kappa shape index (κ3) is 2.89. The average Bonchev–Trinajstić information content (AvgIpc) is 3.36. The van der Waals surface area contributed by atoms with Gasteiger partial charge in [-0.2, -0.15) is 0 Å². The molecule has 0 bridgehead atoms. The van der Waals surface area contributed by atoms with E-state index in [1.807, 2.05) is 36.7 Å². The maximum absolute atomic E-state index is 13.1. The monoisotopic (exact) mass is 338 g/mol. The molecule has 2 heterocycles. The maximum Gasteiger partial charge on any atom is 0.244 e. The number of fused-ring (bicyclic) bond motifs is 1. The Morgan fingerprint density at radius 1 is 1.36 bits per heavy atom. The normalized spacial score (nSPS) is 23.6. The van der Waals surface area contributed by atoms with Crippen molar-refractivity contribution >= 4 is 18.2 Å². The lowest BCUT2D eigenvalue weighted by molar-refractivity contribution is -0.134. The topological polar surface area (TPSA) is 71.2 Å². The Kier molecular flexibility index (Phi) is 3.77. The van der Waals surface area contributed by atoms with Crippen molar-refractivity contribution in [2.24, 2.45) is 11.8 Å². The fraction of sp³-hybridized carbons (Fsp3) is 0.263. The van der Waals surface area contributed by atoms with Crippen LogP contribution in [0.25, 0.3) is 23.4 Å². The number of amides is 1. The molecular weight excluding hydrogens is 319 g/mol. The minimum atomic E-state index is -1.05. The number of nitrogens with one attached hydrogen (secondary N) is 1. The standard InChI is InChI=1S/C19H19FN4O/c1-11-4-5-22-10-16(11)13-3-2-12-7-18(23-9-14(12)6-13)24(21)19(25)15-8-17(15)20/h2-7,9-10,15,17-18,23H,8,21H2,1H3. The number of alkyl halides is 1. The molecule has 1 aliphatic carbocycles. The number of nitrogens with zero attached hydrogens (tertiary/aromatic N) is 2. The Labute approximate surface area is 144 Å². The lowest BCUT2D eigenvalue weighted by Gasteiger charge is -2.27. The number of carbonyl (C=O) groups is 1. The van der Waals surface area contributed by atoms with E-state index in [0.717, 1.165) is 32.1 Å². The van der Waals surface area contributed by atoms with Gasteiger partial charge in [0.1, 0.15) is 12.3 Å². The number of hydrazine groups is 1. The van der Waals surface area contributed by atoms with Gasteiger partial charge in [0, 0.05) is 24.2 Å². The highest BCUT2D eigenvalue weighted by atomic mass is 19.1. The molecule has 2 aliphatic rings. The van der Waals surface area contributed by atoms with Crippen molar-refractivity contribution in [2.45, 2.75) is 25.7 Å². The van der Waals surface area contributed by atoms with Crippen LogP contribution in [-0.2, 0) is 4.79 Å². The first-order chi connectivity index (χ1) is 12.0. The Balaban J connectivity index is 1.63. The highest BCUT2D eigenvalue weighted by molar-refractivity contribution is 5.82. The molecule has 3 atom stereocenters. The van der Waals surface area contributed by atoms with Gasteiger partial charge in [0.25, 0.3) is 0 Å². The average molecular weight is 338 g/mol. The number of benzene rings is 1.